The highest BCUT2D eigenvalue weighted by atomic mass is 19.4. The van der Waals surface area contributed by atoms with Crippen LogP contribution in [0.1, 0.15) is 24.1 Å². The van der Waals surface area contributed by atoms with Crippen LogP contribution in [0.3, 0.4) is 0 Å². The molecule has 0 radical (unpaired) electrons. The van der Waals surface area contributed by atoms with E-state index in [0.29, 0.717) is 0 Å². The van der Waals surface area contributed by atoms with E-state index in [2.05, 4.69) is 15.4 Å². The van der Waals surface area contributed by atoms with Crippen molar-refractivity contribution in [1.29, 1.82) is 0 Å². The summed E-state index contributed by atoms with van der Waals surface area (Å²) in [5, 5.41) is 6.58. The van der Waals surface area contributed by atoms with Crippen molar-refractivity contribution < 1.29 is 27.1 Å². The van der Waals surface area contributed by atoms with Gasteiger partial charge in [0.05, 0.1) is 17.0 Å². The Bertz CT molecular complexity index is 1340. The molecule has 0 saturated carbocycles. The molecular weight excluding hydrogens is 452 g/mol. The van der Waals surface area contributed by atoms with Crippen molar-refractivity contribution in [2.75, 3.05) is 6.61 Å². The Balaban J connectivity index is 1.63. The third kappa shape index (κ3) is 4.85. The molecule has 0 aliphatic heterocycles. The van der Waals surface area contributed by atoms with Crippen molar-refractivity contribution in [2.45, 2.75) is 19.1 Å². The molecule has 2 aromatic carbocycles. The van der Waals surface area contributed by atoms with Crippen molar-refractivity contribution in [2.24, 2.45) is 7.05 Å². The predicted octanol–water partition coefficient (Wildman–Crippen LogP) is 5.05. The molecule has 34 heavy (non-hydrogen) atoms. The number of aromatic nitrogens is 3. The number of ether oxygens (including phenoxy) is 1. The average Bonchev–Trinajstić information content (AvgIpc) is 3.13. The topological polar surface area (TPSA) is 69.0 Å². The molecule has 0 saturated heterocycles. The number of nitrogens with zero attached hydrogens (tertiary/aromatic N) is 3. The lowest BCUT2D eigenvalue weighted by atomic mass is 10.0. The van der Waals surface area contributed by atoms with E-state index in [1.54, 1.807) is 6.92 Å². The van der Waals surface area contributed by atoms with Crippen LogP contribution in [0.5, 0.6) is 5.88 Å². The van der Waals surface area contributed by atoms with Gasteiger partial charge in [-0.05, 0) is 24.6 Å². The van der Waals surface area contributed by atoms with Crippen LogP contribution in [0, 0.1) is 5.82 Å². The summed E-state index contributed by atoms with van der Waals surface area (Å²) in [4.78, 5) is 16.4. The molecule has 0 aliphatic carbocycles. The van der Waals surface area contributed by atoms with Crippen molar-refractivity contribution in [3.63, 3.8) is 0 Å². The molecule has 4 rings (SSSR count). The van der Waals surface area contributed by atoms with Crippen LogP contribution in [-0.2, 0) is 18.0 Å². The summed E-state index contributed by atoms with van der Waals surface area (Å²) in [5.74, 6) is -1.50. The molecule has 176 valence electrons. The quantitative estimate of drug-likeness (QED) is 0.399. The Hall–Kier alpha value is -3.95. The highest BCUT2D eigenvalue weighted by Gasteiger charge is 2.36. The number of halogens is 4. The standard InChI is InChI=1S/C24H20F4N4O2/c1-14(15-7-4-3-5-8-15)29-19(33)13-34-20-12-18(24(26,27)28)21-22(31-32(2)23(21)30-20)16-9-6-10-17(25)11-16/h3-12,14H,13H2,1-2H3,(H,29,33)/t14-/m0/s1. The Morgan fingerprint density at radius 3 is 2.53 bits per heavy atom. The highest BCUT2D eigenvalue weighted by molar-refractivity contribution is 5.94. The number of amides is 1. The Kier molecular flexibility index (Phi) is 6.23. The third-order valence-corrected chi connectivity index (χ3v) is 5.20. The molecule has 0 fully saturated rings. The molecule has 0 spiro atoms. The van der Waals surface area contributed by atoms with Gasteiger partial charge in [0.2, 0.25) is 5.88 Å². The van der Waals surface area contributed by atoms with Gasteiger partial charge >= 0.3 is 6.18 Å². The molecular formula is C24H20F4N4O2. The summed E-state index contributed by atoms with van der Waals surface area (Å²) in [7, 11) is 1.43. The van der Waals surface area contributed by atoms with Crippen LogP contribution in [0.4, 0.5) is 17.6 Å². The summed E-state index contributed by atoms with van der Waals surface area (Å²) < 4.78 is 62.1. The number of nitrogens with one attached hydrogen (secondary N) is 1. The van der Waals surface area contributed by atoms with E-state index in [4.69, 9.17) is 4.74 Å². The second-order valence-corrected chi connectivity index (χ2v) is 7.68. The smallest absolute Gasteiger partial charge is 0.417 e. The lowest BCUT2D eigenvalue weighted by Crippen LogP contribution is -2.31. The number of hydrogen-bond acceptors (Lipinski definition) is 4. The summed E-state index contributed by atoms with van der Waals surface area (Å²) in [6.45, 7) is 1.25. The summed E-state index contributed by atoms with van der Waals surface area (Å²) in [6.07, 6.45) is -4.77. The molecule has 1 N–H and O–H groups in total. The van der Waals surface area contributed by atoms with E-state index in [1.165, 1.54) is 25.2 Å². The summed E-state index contributed by atoms with van der Waals surface area (Å²) in [6, 6.07) is 14.7. The van der Waals surface area contributed by atoms with Gasteiger partial charge in [0.25, 0.3) is 5.91 Å². The monoisotopic (exact) mass is 472 g/mol. The van der Waals surface area contributed by atoms with Gasteiger partial charge in [-0.15, -0.1) is 0 Å². The number of hydrogen-bond donors (Lipinski definition) is 1. The maximum absolute atomic E-state index is 14.0. The van der Waals surface area contributed by atoms with Crippen LogP contribution >= 0.6 is 0 Å². The Labute approximate surface area is 192 Å². The van der Waals surface area contributed by atoms with Crippen LogP contribution in [0.25, 0.3) is 22.3 Å². The molecule has 1 atom stereocenters. The van der Waals surface area contributed by atoms with Gasteiger partial charge in [-0.3, -0.25) is 4.79 Å². The van der Waals surface area contributed by atoms with Gasteiger partial charge < -0.3 is 10.1 Å². The number of carbonyl (C=O) groups is 1. The van der Waals surface area contributed by atoms with E-state index >= 15 is 0 Å². The van der Waals surface area contributed by atoms with E-state index in [9.17, 15) is 22.4 Å². The normalized spacial score (nSPS) is 12.5. The number of rotatable bonds is 6. The first-order valence-corrected chi connectivity index (χ1v) is 10.3. The second kappa shape index (κ2) is 9.12. The van der Waals surface area contributed by atoms with Crippen LogP contribution in [-0.4, -0.2) is 27.3 Å². The fourth-order valence-electron chi connectivity index (χ4n) is 3.61. The first-order valence-electron chi connectivity index (χ1n) is 10.3. The molecule has 6 nitrogen and oxygen atoms in total. The largest absolute Gasteiger partial charge is 0.467 e. The first-order chi connectivity index (χ1) is 16.1. The summed E-state index contributed by atoms with van der Waals surface area (Å²) >= 11 is 0. The highest BCUT2D eigenvalue weighted by Crippen LogP contribution is 2.40. The van der Waals surface area contributed by atoms with Crippen molar-refractivity contribution in [1.82, 2.24) is 20.1 Å². The Morgan fingerprint density at radius 1 is 1.12 bits per heavy atom. The molecule has 2 heterocycles. The van der Waals surface area contributed by atoms with Crippen LogP contribution < -0.4 is 10.1 Å². The van der Waals surface area contributed by atoms with E-state index in [1.807, 2.05) is 30.3 Å². The van der Waals surface area contributed by atoms with Gasteiger partial charge in [0.1, 0.15) is 11.5 Å². The number of pyridine rings is 1. The van der Waals surface area contributed by atoms with Crippen LogP contribution in [0.2, 0.25) is 0 Å². The molecule has 4 aromatic rings. The van der Waals surface area contributed by atoms with Gasteiger partial charge in [0, 0.05) is 18.7 Å². The molecule has 1 amide bonds. The zero-order valence-corrected chi connectivity index (χ0v) is 18.2. The molecule has 0 bridgehead atoms. The van der Waals surface area contributed by atoms with E-state index < -0.39 is 30.1 Å². The molecule has 0 unspecified atom stereocenters. The second-order valence-electron chi connectivity index (χ2n) is 7.68. The number of benzene rings is 2. The lowest BCUT2D eigenvalue weighted by Gasteiger charge is -2.15. The SMILES string of the molecule is C[C@H](NC(=O)COc1cc(C(F)(F)F)c2c(-c3cccc(F)c3)nn(C)c2n1)c1ccccc1. The zero-order chi connectivity index (χ0) is 24.5. The molecule has 2 aromatic heterocycles. The van der Waals surface area contributed by atoms with Gasteiger partial charge in [-0.2, -0.15) is 23.3 Å². The minimum absolute atomic E-state index is 0.0576. The fraction of sp³-hybridized carbons (Fsp3) is 0.208. The first kappa shape index (κ1) is 23.2. The lowest BCUT2D eigenvalue weighted by molar-refractivity contribution is -0.136. The number of carbonyl (C=O) groups excluding carboxylic acids is 1. The van der Waals surface area contributed by atoms with Crippen molar-refractivity contribution >= 4 is 16.9 Å². The minimum atomic E-state index is -4.77. The summed E-state index contributed by atoms with van der Waals surface area (Å²) in [5.41, 5.74) is -0.159. The average molecular weight is 472 g/mol. The zero-order valence-electron chi connectivity index (χ0n) is 18.2. The van der Waals surface area contributed by atoms with Crippen LogP contribution in [0.15, 0.2) is 60.7 Å². The maximum Gasteiger partial charge on any atom is 0.417 e. The van der Waals surface area contributed by atoms with Crippen molar-refractivity contribution in [3.8, 4) is 17.1 Å². The van der Waals surface area contributed by atoms with Crippen molar-refractivity contribution in [3.05, 3.63) is 77.6 Å². The maximum atomic E-state index is 14.0. The number of fused-ring (bicyclic) bond motifs is 1. The molecule has 0 aliphatic rings. The van der Waals surface area contributed by atoms with Gasteiger partial charge in [-0.25, -0.2) is 9.07 Å². The molecule has 10 heteroatoms. The third-order valence-electron chi connectivity index (χ3n) is 5.20. The fourth-order valence-corrected chi connectivity index (χ4v) is 3.61. The van der Waals surface area contributed by atoms with Gasteiger partial charge in [-0.1, -0.05) is 42.5 Å². The number of alkyl halides is 3. The van der Waals surface area contributed by atoms with E-state index in [-0.39, 0.29) is 34.2 Å². The predicted molar refractivity (Wildman–Crippen MR) is 117 cm³/mol. The number of aryl methyl sites for hydroxylation is 1. The van der Waals surface area contributed by atoms with E-state index in [0.717, 1.165) is 22.4 Å². The van der Waals surface area contributed by atoms with Gasteiger partial charge in [0.15, 0.2) is 12.3 Å². The minimum Gasteiger partial charge on any atom is -0.467 e. The Morgan fingerprint density at radius 2 is 1.85 bits per heavy atom.